The van der Waals surface area contributed by atoms with Crippen LogP contribution in [-0.4, -0.2) is 17.6 Å². The fraction of sp³-hybridized carbons (Fsp3) is 0.667. The second kappa shape index (κ2) is 5.08. The van der Waals surface area contributed by atoms with Crippen molar-refractivity contribution in [2.75, 3.05) is 11.4 Å². The third-order valence-corrected chi connectivity index (χ3v) is 4.90. The van der Waals surface area contributed by atoms with Crippen molar-refractivity contribution < 1.29 is 0 Å². The lowest BCUT2D eigenvalue weighted by Crippen LogP contribution is -2.43. The van der Waals surface area contributed by atoms with Gasteiger partial charge < -0.3 is 4.90 Å². The highest BCUT2D eigenvalue weighted by atomic mass is 35.5. The summed E-state index contributed by atoms with van der Waals surface area (Å²) in [6, 6.07) is 5.04. The number of pyridine rings is 1. The molecule has 0 bridgehead atoms. The van der Waals surface area contributed by atoms with Gasteiger partial charge in [-0.2, -0.15) is 0 Å². The molecule has 0 radical (unpaired) electrons. The molecule has 1 saturated carbocycles. The van der Waals surface area contributed by atoms with Crippen LogP contribution in [0.25, 0.3) is 0 Å². The van der Waals surface area contributed by atoms with Crippen molar-refractivity contribution in [1.82, 2.24) is 4.98 Å². The summed E-state index contributed by atoms with van der Waals surface area (Å²) in [4.78, 5) is 7.32. The maximum atomic E-state index is 5.91. The molecular formula is C15H21ClN2. The SMILES string of the molecule is Cc1nc(N2CCCC3CCCC32)ccc1CCl. The molecule has 1 aliphatic heterocycles. The fourth-order valence-corrected chi connectivity index (χ4v) is 3.90. The Kier molecular flexibility index (Phi) is 3.47. The van der Waals surface area contributed by atoms with E-state index in [0.717, 1.165) is 29.0 Å². The zero-order valence-electron chi connectivity index (χ0n) is 11.0. The maximum absolute atomic E-state index is 5.91. The van der Waals surface area contributed by atoms with Crippen molar-refractivity contribution in [3.05, 3.63) is 23.4 Å². The molecule has 1 aliphatic carbocycles. The number of hydrogen-bond acceptors (Lipinski definition) is 2. The molecule has 0 spiro atoms. The molecule has 0 N–H and O–H groups in total. The molecule has 1 saturated heterocycles. The summed E-state index contributed by atoms with van der Waals surface area (Å²) in [5.41, 5.74) is 2.24. The number of rotatable bonds is 2. The Morgan fingerprint density at radius 1 is 1.28 bits per heavy atom. The van der Waals surface area contributed by atoms with E-state index in [4.69, 9.17) is 16.6 Å². The minimum absolute atomic E-state index is 0.561. The molecule has 2 heterocycles. The number of hydrogen-bond donors (Lipinski definition) is 0. The third kappa shape index (κ3) is 2.11. The summed E-state index contributed by atoms with van der Waals surface area (Å²) in [5, 5.41) is 0. The Bertz CT molecular complexity index is 433. The predicted molar refractivity (Wildman–Crippen MR) is 76.2 cm³/mol. The molecule has 0 aromatic carbocycles. The van der Waals surface area contributed by atoms with Crippen LogP contribution in [0.4, 0.5) is 5.82 Å². The van der Waals surface area contributed by atoms with Crippen LogP contribution in [0.2, 0.25) is 0 Å². The number of nitrogens with zero attached hydrogens (tertiary/aromatic N) is 2. The number of alkyl halides is 1. The summed E-state index contributed by atoms with van der Waals surface area (Å²) in [5.74, 6) is 2.64. The first kappa shape index (κ1) is 12.3. The summed E-state index contributed by atoms with van der Waals surface area (Å²) in [6.45, 7) is 3.24. The molecular weight excluding hydrogens is 244 g/mol. The second-order valence-corrected chi connectivity index (χ2v) is 5.91. The monoisotopic (exact) mass is 264 g/mol. The normalized spacial score (nSPS) is 27.3. The third-order valence-electron chi connectivity index (χ3n) is 4.61. The molecule has 2 unspecified atom stereocenters. The molecule has 2 nitrogen and oxygen atoms in total. The van der Waals surface area contributed by atoms with Crippen LogP contribution < -0.4 is 4.90 Å². The van der Waals surface area contributed by atoms with Gasteiger partial charge in [0.1, 0.15) is 5.82 Å². The predicted octanol–water partition coefficient (Wildman–Crippen LogP) is 3.90. The number of aromatic nitrogens is 1. The average Bonchev–Trinajstić information content (AvgIpc) is 2.86. The molecule has 1 aromatic heterocycles. The standard InChI is InChI=1S/C15H21ClN2/c1-11-13(10-16)7-8-15(17-11)18-9-3-5-12-4-2-6-14(12)18/h7-8,12,14H,2-6,9-10H2,1H3. The van der Waals surface area contributed by atoms with E-state index >= 15 is 0 Å². The van der Waals surface area contributed by atoms with Crippen LogP contribution in [-0.2, 0) is 5.88 Å². The zero-order chi connectivity index (χ0) is 12.5. The largest absolute Gasteiger partial charge is 0.353 e. The molecule has 3 heteroatoms. The van der Waals surface area contributed by atoms with Gasteiger partial charge in [0.25, 0.3) is 0 Å². The number of halogens is 1. The van der Waals surface area contributed by atoms with E-state index in [2.05, 4.69) is 24.0 Å². The minimum atomic E-state index is 0.561. The van der Waals surface area contributed by atoms with Crippen molar-refractivity contribution in [3.63, 3.8) is 0 Å². The van der Waals surface area contributed by atoms with Gasteiger partial charge in [0.05, 0.1) is 0 Å². The van der Waals surface area contributed by atoms with Crippen LogP contribution in [0.3, 0.4) is 0 Å². The van der Waals surface area contributed by atoms with Crippen LogP contribution in [0.15, 0.2) is 12.1 Å². The lowest BCUT2D eigenvalue weighted by molar-refractivity contribution is 0.360. The van der Waals surface area contributed by atoms with E-state index in [9.17, 15) is 0 Å². The lowest BCUT2D eigenvalue weighted by atomic mass is 9.92. The zero-order valence-corrected chi connectivity index (χ0v) is 11.8. The van der Waals surface area contributed by atoms with Gasteiger partial charge in [0, 0.05) is 24.2 Å². The van der Waals surface area contributed by atoms with Gasteiger partial charge in [-0.05, 0) is 50.2 Å². The first-order valence-corrected chi connectivity index (χ1v) is 7.62. The minimum Gasteiger partial charge on any atom is -0.353 e. The van der Waals surface area contributed by atoms with E-state index in [-0.39, 0.29) is 0 Å². The fourth-order valence-electron chi connectivity index (χ4n) is 3.62. The van der Waals surface area contributed by atoms with Gasteiger partial charge in [0.2, 0.25) is 0 Å². The summed E-state index contributed by atoms with van der Waals surface area (Å²) < 4.78 is 0. The smallest absolute Gasteiger partial charge is 0.129 e. The molecule has 0 amide bonds. The lowest BCUT2D eigenvalue weighted by Gasteiger charge is -2.38. The van der Waals surface area contributed by atoms with E-state index < -0.39 is 0 Å². The maximum Gasteiger partial charge on any atom is 0.129 e. The Morgan fingerprint density at radius 3 is 2.89 bits per heavy atom. The van der Waals surface area contributed by atoms with Gasteiger partial charge in [-0.25, -0.2) is 4.98 Å². The van der Waals surface area contributed by atoms with E-state index in [0.29, 0.717) is 5.88 Å². The second-order valence-electron chi connectivity index (χ2n) is 5.64. The van der Waals surface area contributed by atoms with Crippen molar-refractivity contribution in [1.29, 1.82) is 0 Å². The number of fused-ring (bicyclic) bond motifs is 1. The van der Waals surface area contributed by atoms with Gasteiger partial charge in [-0.1, -0.05) is 12.5 Å². The summed E-state index contributed by atoms with van der Waals surface area (Å²) in [6.07, 6.45) is 6.90. The highest BCUT2D eigenvalue weighted by Gasteiger charge is 2.35. The van der Waals surface area contributed by atoms with Crippen LogP contribution >= 0.6 is 11.6 Å². The first-order valence-electron chi connectivity index (χ1n) is 7.08. The van der Waals surface area contributed by atoms with Gasteiger partial charge in [-0.3, -0.25) is 0 Å². The topological polar surface area (TPSA) is 16.1 Å². The Hall–Kier alpha value is -0.760. The molecule has 1 aromatic rings. The Labute approximate surface area is 114 Å². The number of piperidine rings is 1. The van der Waals surface area contributed by atoms with Crippen LogP contribution in [0.5, 0.6) is 0 Å². The quantitative estimate of drug-likeness (QED) is 0.753. The molecule has 2 fully saturated rings. The first-order chi connectivity index (χ1) is 8.79. The molecule has 3 rings (SSSR count). The van der Waals surface area contributed by atoms with E-state index in [1.54, 1.807) is 0 Å². The van der Waals surface area contributed by atoms with Crippen LogP contribution in [0, 0.1) is 12.8 Å². The Balaban J connectivity index is 1.87. The van der Waals surface area contributed by atoms with Crippen molar-refractivity contribution in [2.45, 2.75) is 50.9 Å². The Morgan fingerprint density at radius 2 is 2.11 bits per heavy atom. The number of aryl methyl sites for hydroxylation is 1. The summed E-state index contributed by atoms with van der Waals surface area (Å²) in [7, 11) is 0. The van der Waals surface area contributed by atoms with E-state index in [1.165, 1.54) is 38.6 Å². The highest BCUT2D eigenvalue weighted by Crippen LogP contribution is 2.38. The summed E-state index contributed by atoms with van der Waals surface area (Å²) >= 11 is 5.91. The van der Waals surface area contributed by atoms with Crippen LogP contribution in [0.1, 0.15) is 43.4 Å². The van der Waals surface area contributed by atoms with Gasteiger partial charge in [0.15, 0.2) is 0 Å². The molecule has 98 valence electrons. The van der Waals surface area contributed by atoms with Crippen molar-refractivity contribution in [2.24, 2.45) is 5.92 Å². The van der Waals surface area contributed by atoms with Crippen molar-refractivity contribution in [3.8, 4) is 0 Å². The molecule has 2 atom stereocenters. The average molecular weight is 265 g/mol. The molecule has 18 heavy (non-hydrogen) atoms. The van der Waals surface area contributed by atoms with Crippen molar-refractivity contribution >= 4 is 17.4 Å². The van der Waals surface area contributed by atoms with E-state index in [1.807, 2.05) is 0 Å². The van der Waals surface area contributed by atoms with Gasteiger partial charge in [-0.15, -0.1) is 11.6 Å². The van der Waals surface area contributed by atoms with Gasteiger partial charge >= 0.3 is 0 Å². The molecule has 2 aliphatic rings. The highest BCUT2D eigenvalue weighted by molar-refractivity contribution is 6.17. The number of anilines is 1.